The molecule has 27 heavy (non-hydrogen) atoms. The molecule has 0 aliphatic rings. The lowest BCUT2D eigenvalue weighted by atomic mass is 10.1. The normalized spacial score (nSPS) is 10.7. The Kier molecular flexibility index (Phi) is 4.96. The molecule has 2 aromatic carbocycles. The van der Waals surface area contributed by atoms with Crippen LogP contribution in [0.1, 0.15) is 32.4 Å². The molecular formula is C19H14ClFN2O4. The Balaban J connectivity index is 2.04. The molecule has 6 nitrogen and oxygen atoms in total. The molecule has 1 N–H and O–H groups in total. The molecule has 0 aliphatic heterocycles. The maximum Gasteiger partial charge on any atom is 0.337 e. The van der Waals surface area contributed by atoms with Gasteiger partial charge in [0.2, 0.25) is 5.91 Å². The van der Waals surface area contributed by atoms with Gasteiger partial charge in [-0.25, -0.2) is 9.18 Å². The third-order valence-corrected chi connectivity index (χ3v) is 4.32. The topological polar surface area (TPSA) is 77.4 Å². The number of fused-ring (bicyclic) bond motifs is 1. The quantitative estimate of drug-likeness (QED) is 0.684. The van der Waals surface area contributed by atoms with Crippen molar-refractivity contribution in [2.45, 2.75) is 6.92 Å². The highest BCUT2D eigenvalue weighted by Crippen LogP contribution is 2.27. The summed E-state index contributed by atoms with van der Waals surface area (Å²) in [6.45, 7) is 1.33. The summed E-state index contributed by atoms with van der Waals surface area (Å²) < 4.78 is 19.6. The summed E-state index contributed by atoms with van der Waals surface area (Å²) in [7, 11) is 1.24. The molecule has 3 rings (SSSR count). The van der Waals surface area contributed by atoms with E-state index >= 15 is 0 Å². The molecule has 0 spiro atoms. The zero-order chi connectivity index (χ0) is 19.7. The van der Waals surface area contributed by atoms with Gasteiger partial charge in [-0.3, -0.25) is 14.2 Å². The number of carbonyl (C=O) groups is 3. The summed E-state index contributed by atoms with van der Waals surface area (Å²) in [5.74, 6) is -2.05. The standard InChI is InChI=1S/C19H14ClFN2O4/c1-10(24)23-9-14(13-8-12(21)4-6-17(13)23)18(25)22-16-7-11(19(26)27-2)3-5-15(16)20/h3-9H,1-2H3,(H,22,25). The number of rotatable bonds is 3. The molecule has 3 aromatic rings. The predicted molar refractivity (Wildman–Crippen MR) is 98.9 cm³/mol. The van der Waals surface area contributed by atoms with Crippen LogP contribution in [0.4, 0.5) is 10.1 Å². The highest BCUT2D eigenvalue weighted by atomic mass is 35.5. The number of aromatic nitrogens is 1. The maximum atomic E-state index is 13.7. The van der Waals surface area contributed by atoms with Crippen LogP contribution in [0.5, 0.6) is 0 Å². The predicted octanol–water partition coefficient (Wildman–Crippen LogP) is 4.13. The zero-order valence-corrected chi connectivity index (χ0v) is 15.1. The maximum absolute atomic E-state index is 13.7. The Morgan fingerprint density at radius 2 is 1.89 bits per heavy atom. The number of nitrogens with one attached hydrogen (secondary N) is 1. The molecule has 0 aliphatic carbocycles. The van der Waals surface area contributed by atoms with Crippen LogP contribution in [0.15, 0.2) is 42.6 Å². The Morgan fingerprint density at radius 3 is 2.56 bits per heavy atom. The molecule has 1 aromatic heterocycles. The fourth-order valence-electron chi connectivity index (χ4n) is 2.70. The smallest absolute Gasteiger partial charge is 0.337 e. The molecule has 0 atom stereocenters. The highest BCUT2D eigenvalue weighted by Gasteiger charge is 2.19. The van der Waals surface area contributed by atoms with Crippen molar-refractivity contribution < 1.29 is 23.5 Å². The first-order valence-corrected chi connectivity index (χ1v) is 8.20. The van der Waals surface area contributed by atoms with Gasteiger partial charge < -0.3 is 10.1 Å². The summed E-state index contributed by atoms with van der Waals surface area (Å²) in [5.41, 5.74) is 0.891. The van der Waals surface area contributed by atoms with Gasteiger partial charge in [-0.05, 0) is 36.4 Å². The fraction of sp³-hybridized carbons (Fsp3) is 0.105. The van der Waals surface area contributed by atoms with Crippen LogP contribution in [0, 0.1) is 5.82 Å². The molecule has 0 fully saturated rings. The number of hydrogen-bond donors (Lipinski definition) is 1. The largest absolute Gasteiger partial charge is 0.465 e. The van der Waals surface area contributed by atoms with Gasteiger partial charge in [0.15, 0.2) is 0 Å². The summed E-state index contributed by atoms with van der Waals surface area (Å²) in [6, 6.07) is 8.09. The minimum absolute atomic E-state index is 0.0965. The van der Waals surface area contributed by atoms with Crippen molar-refractivity contribution in [3.63, 3.8) is 0 Å². The number of carbonyl (C=O) groups excluding carboxylic acids is 3. The van der Waals surface area contributed by atoms with Crippen molar-refractivity contribution in [1.82, 2.24) is 4.57 Å². The van der Waals surface area contributed by atoms with Crippen molar-refractivity contribution in [3.8, 4) is 0 Å². The molecule has 8 heteroatoms. The Labute approximate surface area is 158 Å². The number of ether oxygens (including phenoxy) is 1. The van der Waals surface area contributed by atoms with E-state index in [1.54, 1.807) is 0 Å². The molecule has 0 saturated heterocycles. The first-order valence-electron chi connectivity index (χ1n) is 7.82. The van der Waals surface area contributed by atoms with Crippen LogP contribution in [-0.2, 0) is 4.74 Å². The first kappa shape index (κ1) is 18.6. The van der Waals surface area contributed by atoms with Crippen molar-refractivity contribution in [2.24, 2.45) is 0 Å². The molecule has 0 radical (unpaired) electrons. The number of benzene rings is 2. The number of nitrogens with zero attached hydrogens (tertiary/aromatic N) is 1. The van der Waals surface area contributed by atoms with Gasteiger partial charge >= 0.3 is 5.97 Å². The van der Waals surface area contributed by atoms with Crippen molar-refractivity contribution >= 4 is 46.0 Å². The monoisotopic (exact) mass is 388 g/mol. The SMILES string of the molecule is COC(=O)c1ccc(Cl)c(NC(=O)c2cn(C(C)=O)c3ccc(F)cc23)c1. The van der Waals surface area contributed by atoms with E-state index in [-0.39, 0.29) is 33.1 Å². The average molecular weight is 389 g/mol. The van der Waals surface area contributed by atoms with Gasteiger partial charge in [0.1, 0.15) is 5.82 Å². The summed E-state index contributed by atoms with van der Waals surface area (Å²) in [4.78, 5) is 36.2. The van der Waals surface area contributed by atoms with Crippen LogP contribution in [-0.4, -0.2) is 29.5 Å². The van der Waals surface area contributed by atoms with Crippen molar-refractivity contribution in [1.29, 1.82) is 0 Å². The van der Waals surface area contributed by atoms with Gasteiger partial charge in [-0.1, -0.05) is 11.6 Å². The van der Waals surface area contributed by atoms with E-state index in [0.717, 1.165) is 0 Å². The van der Waals surface area contributed by atoms with Crippen LogP contribution in [0.3, 0.4) is 0 Å². The Bertz CT molecular complexity index is 1090. The molecule has 138 valence electrons. The van der Waals surface area contributed by atoms with Crippen LogP contribution in [0.25, 0.3) is 10.9 Å². The first-order chi connectivity index (χ1) is 12.8. The summed E-state index contributed by atoms with van der Waals surface area (Å²) in [6.07, 6.45) is 1.33. The number of halogens is 2. The number of methoxy groups -OCH3 is 1. The van der Waals surface area contributed by atoms with Crippen LogP contribution in [0.2, 0.25) is 5.02 Å². The second kappa shape index (κ2) is 7.20. The van der Waals surface area contributed by atoms with E-state index in [9.17, 15) is 18.8 Å². The number of esters is 1. The molecule has 0 bridgehead atoms. The Hall–Kier alpha value is -3.19. The second-order valence-electron chi connectivity index (χ2n) is 5.73. The van der Waals surface area contributed by atoms with Gasteiger partial charge in [0.05, 0.1) is 34.5 Å². The zero-order valence-electron chi connectivity index (χ0n) is 14.4. The summed E-state index contributed by atoms with van der Waals surface area (Å²) in [5, 5.41) is 3.07. The van der Waals surface area contributed by atoms with Crippen molar-refractivity contribution in [3.05, 3.63) is 64.6 Å². The third-order valence-electron chi connectivity index (χ3n) is 3.99. The van der Waals surface area contributed by atoms with E-state index < -0.39 is 17.7 Å². The van der Waals surface area contributed by atoms with E-state index in [1.165, 1.54) is 61.2 Å². The minimum atomic E-state index is -0.602. The molecule has 0 saturated carbocycles. The summed E-state index contributed by atoms with van der Waals surface area (Å²) >= 11 is 6.09. The fourth-order valence-corrected chi connectivity index (χ4v) is 2.86. The van der Waals surface area contributed by atoms with Crippen LogP contribution < -0.4 is 5.32 Å². The number of anilines is 1. The second-order valence-corrected chi connectivity index (χ2v) is 6.14. The third kappa shape index (κ3) is 3.54. The minimum Gasteiger partial charge on any atom is -0.465 e. The van der Waals surface area contributed by atoms with Gasteiger partial charge in [0, 0.05) is 18.5 Å². The number of amides is 1. The van der Waals surface area contributed by atoms with E-state index in [0.29, 0.717) is 5.52 Å². The number of hydrogen-bond acceptors (Lipinski definition) is 4. The highest BCUT2D eigenvalue weighted by molar-refractivity contribution is 6.34. The molecule has 1 amide bonds. The van der Waals surface area contributed by atoms with Gasteiger partial charge in [-0.15, -0.1) is 0 Å². The van der Waals surface area contributed by atoms with Gasteiger partial charge in [0.25, 0.3) is 5.91 Å². The van der Waals surface area contributed by atoms with Crippen LogP contribution >= 0.6 is 11.6 Å². The van der Waals surface area contributed by atoms with Gasteiger partial charge in [-0.2, -0.15) is 0 Å². The van der Waals surface area contributed by atoms with E-state index in [2.05, 4.69) is 10.1 Å². The lowest BCUT2D eigenvalue weighted by molar-refractivity contribution is 0.0600. The molecule has 0 unspecified atom stereocenters. The lowest BCUT2D eigenvalue weighted by Gasteiger charge is -2.08. The average Bonchev–Trinajstić information content (AvgIpc) is 3.01. The lowest BCUT2D eigenvalue weighted by Crippen LogP contribution is -2.13. The molecule has 1 heterocycles. The van der Waals surface area contributed by atoms with E-state index in [1.807, 2.05) is 0 Å². The molecular weight excluding hydrogens is 375 g/mol. The van der Waals surface area contributed by atoms with Crippen molar-refractivity contribution in [2.75, 3.05) is 12.4 Å². The van der Waals surface area contributed by atoms with E-state index in [4.69, 9.17) is 11.6 Å². The Morgan fingerprint density at radius 1 is 1.15 bits per heavy atom.